The summed E-state index contributed by atoms with van der Waals surface area (Å²) >= 11 is 47.5. The minimum absolute atomic E-state index is 0.0749. The number of hydrogen-bond acceptors (Lipinski definition) is 20. The molecule has 0 radical (unpaired) electrons. The van der Waals surface area contributed by atoms with Crippen LogP contribution in [0.3, 0.4) is 0 Å². The number of likely N-dealkylation sites (N-methyl/N-ethyl adjacent to an activating group) is 1. The number of ether oxygens (including phenoxy) is 3. The summed E-state index contributed by atoms with van der Waals surface area (Å²) in [6.07, 6.45) is 7.37. The van der Waals surface area contributed by atoms with Gasteiger partial charge in [-0.2, -0.15) is 0 Å². The Morgan fingerprint density at radius 3 is 1.50 bits per heavy atom. The summed E-state index contributed by atoms with van der Waals surface area (Å²) in [6.45, 7) is 3.96. The van der Waals surface area contributed by atoms with Crippen molar-refractivity contribution in [1.82, 2.24) is 47.1 Å². The minimum Gasteiger partial charge on any atom is -0.496 e. The molecule has 3 aliphatic rings. The van der Waals surface area contributed by atoms with E-state index in [1.165, 1.54) is 40.6 Å². The quantitative estimate of drug-likeness (QED) is 0.0113. The molecule has 0 bridgehead atoms. The molecule has 42 heteroatoms. The standard InChI is InChI=1S/C32H34Cl2N5O9P.C15H22Cl2N3O5P.C13H22Cl4N5O4P/c1-4-20-13-22-23(14-27(20)44-3)32(40)38(31-24-15-28-29(46-19-45-28)16-26(24)35-17-25(22)31)12-11-36(2)49(43,37(9-7-33)10-8-34)47-18-21-5-6-30(48-21)39(41)42;16-7-9-18(12-1-2-12)26(23,19(10-8-17)13-3-4-13)24-11-14-5-6-15(25-14)20(21)22;1-19-12(18-10-13(19)22(23)24)11-26-27(25,20(6-2-14)7-3-15)21(8-4-16)9-5-17/h5-6,13-17H,4,7-12,18-19H2,1-3H3;5-6,12-13H,1-4,7-11H2;10H,2-9,11H2,1H3. The Morgan fingerprint density at radius 2 is 1.06 bits per heavy atom. The van der Waals surface area contributed by atoms with Crippen LogP contribution in [-0.2, 0) is 67.1 Å². The number of halogens is 8. The number of rotatable bonds is 41. The number of imidazole rings is 1. The largest absolute Gasteiger partial charge is 0.496 e. The summed E-state index contributed by atoms with van der Waals surface area (Å²) in [5.74, 6) is 3.14. The van der Waals surface area contributed by atoms with Gasteiger partial charge in [-0.3, -0.25) is 57.3 Å². The average molecular weight is 1650 g/mol. The highest BCUT2D eigenvalue weighted by atomic mass is 35.5. The van der Waals surface area contributed by atoms with Crippen molar-refractivity contribution in [2.75, 3.05) is 127 Å². The molecule has 7 aromatic rings. The second-order valence-corrected chi connectivity index (χ2v) is 33.1. The Hall–Kier alpha value is -4.66. The first-order valence-electron chi connectivity index (χ1n) is 32.1. The van der Waals surface area contributed by atoms with Crippen molar-refractivity contribution in [2.24, 2.45) is 7.05 Å². The van der Waals surface area contributed by atoms with Crippen LogP contribution < -0.4 is 19.8 Å². The molecule has 1 atom stereocenters. The Morgan fingerprint density at radius 1 is 0.578 bits per heavy atom. The normalized spacial score (nSPS) is 14.6. The zero-order valence-corrected chi connectivity index (χ0v) is 64.8. The maximum Gasteiger partial charge on any atom is 0.433 e. The van der Waals surface area contributed by atoms with E-state index < -0.39 is 43.7 Å². The van der Waals surface area contributed by atoms with Crippen LogP contribution in [0.25, 0.3) is 32.6 Å². The number of hydrogen-bond donors (Lipinski definition) is 0. The van der Waals surface area contributed by atoms with Crippen LogP contribution in [0, 0.1) is 30.3 Å². The summed E-state index contributed by atoms with van der Waals surface area (Å²) < 4.78 is 100. The smallest absolute Gasteiger partial charge is 0.433 e. The SMILES string of the molecule is CCc1cc2c(cc1OC)c(=O)n(CCN(C)P(=O)(OCc1ccc([N+](=O)[O-])o1)N(CCCl)CCCl)c1c3cc4c(cc3ncc21)OCO4.Cn1c([N+](=O)[O-])cnc1COP(=O)(N(CCCl)CCCl)N(CCCl)CCCl.O=[N+]([O-])c1ccc(COP(=O)(N(CCCl)C2CC2)N(CCCl)C2CC2)o1. The first-order chi connectivity index (χ1) is 49.0. The predicted molar refractivity (Wildman–Crippen MR) is 393 cm³/mol. The van der Waals surface area contributed by atoms with E-state index in [1.54, 1.807) is 51.1 Å². The highest BCUT2D eigenvalue weighted by Crippen LogP contribution is 2.62. The summed E-state index contributed by atoms with van der Waals surface area (Å²) in [5, 5.41) is 35.5. The van der Waals surface area contributed by atoms with Gasteiger partial charge in [0.1, 0.15) is 53.1 Å². The van der Waals surface area contributed by atoms with Gasteiger partial charge >= 0.3 is 40.6 Å². The zero-order valence-electron chi connectivity index (χ0n) is 56.0. The molecule has 5 aromatic heterocycles. The van der Waals surface area contributed by atoms with Crippen molar-refractivity contribution >= 4 is 166 Å². The lowest BCUT2D eigenvalue weighted by molar-refractivity contribution is -0.402. The fourth-order valence-corrected chi connectivity index (χ4v) is 21.2. The first-order valence-corrected chi connectivity index (χ1v) is 40.9. The van der Waals surface area contributed by atoms with Crippen molar-refractivity contribution in [3.05, 3.63) is 125 Å². The summed E-state index contributed by atoms with van der Waals surface area (Å²) in [6, 6.07) is 13.0. The highest BCUT2D eigenvalue weighted by molar-refractivity contribution is 7.54. The molecule has 102 heavy (non-hydrogen) atoms. The third-order valence-electron chi connectivity index (χ3n) is 16.6. The number of pyridine rings is 2. The summed E-state index contributed by atoms with van der Waals surface area (Å²) in [5.41, 5.74) is 1.90. The van der Waals surface area contributed by atoms with Crippen LogP contribution in [0.15, 0.2) is 74.6 Å². The molecule has 31 nitrogen and oxygen atoms in total. The van der Waals surface area contributed by atoms with Crippen LogP contribution in [0.2, 0.25) is 0 Å². The number of benzene rings is 2. The van der Waals surface area contributed by atoms with E-state index in [-0.39, 0.29) is 161 Å². The molecule has 562 valence electrons. The molecule has 2 saturated carbocycles. The van der Waals surface area contributed by atoms with Crippen LogP contribution in [0.5, 0.6) is 17.2 Å². The van der Waals surface area contributed by atoms with Gasteiger partial charge in [0.25, 0.3) is 5.56 Å². The van der Waals surface area contributed by atoms with Crippen molar-refractivity contribution in [1.29, 1.82) is 0 Å². The zero-order chi connectivity index (χ0) is 74.1. The fourth-order valence-electron chi connectivity index (χ4n) is 11.3. The van der Waals surface area contributed by atoms with Gasteiger partial charge in [0, 0.05) is 148 Å². The van der Waals surface area contributed by atoms with Gasteiger partial charge in [0.2, 0.25) is 12.6 Å². The Labute approximate surface area is 627 Å². The Bertz CT molecular complexity index is 4170. The van der Waals surface area contributed by atoms with Gasteiger partial charge in [-0.25, -0.2) is 37.6 Å². The Kier molecular flexibility index (Phi) is 31.5. The van der Waals surface area contributed by atoms with Gasteiger partial charge in [-0.1, -0.05) is 6.92 Å². The van der Waals surface area contributed by atoms with Gasteiger partial charge in [-0.15, -0.1) is 92.8 Å². The van der Waals surface area contributed by atoms with Crippen molar-refractivity contribution in [2.45, 2.75) is 77.5 Å². The number of fused-ring (bicyclic) bond motifs is 6. The van der Waals surface area contributed by atoms with Gasteiger partial charge < -0.3 is 37.7 Å². The molecule has 2 aromatic carbocycles. The van der Waals surface area contributed by atoms with E-state index in [0.29, 0.717) is 70.3 Å². The monoisotopic (exact) mass is 1640 g/mol. The molecule has 2 fully saturated rings. The van der Waals surface area contributed by atoms with Crippen LogP contribution in [-0.4, -0.2) is 201 Å². The molecule has 1 unspecified atom stereocenters. The number of aromatic nitrogens is 4. The summed E-state index contributed by atoms with van der Waals surface area (Å²) in [4.78, 5) is 54.2. The van der Waals surface area contributed by atoms with E-state index in [9.17, 15) is 48.8 Å². The van der Waals surface area contributed by atoms with Crippen LogP contribution in [0.1, 0.15) is 55.5 Å². The molecule has 0 spiro atoms. The van der Waals surface area contributed by atoms with Gasteiger partial charge in [0.05, 0.1) is 42.7 Å². The van der Waals surface area contributed by atoms with E-state index >= 15 is 0 Å². The number of aryl methyl sites for hydroxylation is 1. The van der Waals surface area contributed by atoms with E-state index in [4.69, 9.17) is 134 Å². The summed E-state index contributed by atoms with van der Waals surface area (Å²) in [7, 11) is -6.20. The van der Waals surface area contributed by atoms with Gasteiger partial charge in [-0.05, 0) is 85.4 Å². The third kappa shape index (κ3) is 19.9. The molecule has 0 saturated heterocycles. The molecule has 6 heterocycles. The lowest BCUT2D eigenvalue weighted by Crippen LogP contribution is -2.37. The van der Waals surface area contributed by atoms with Crippen molar-refractivity contribution in [3.8, 4) is 17.2 Å². The number of methoxy groups -OCH3 is 1. The van der Waals surface area contributed by atoms with E-state index in [2.05, 4.69) is 4.98 Å². The molecule has 0 amide bonds. The number of alkyl halides is 8. The minimum atomic E-state index is -3.89. The number of furan rings is 2. The highest BCUT2D eigenvalue weighted by Gasteiger charge is 2.50. The third-order valence-corrected chi connectivity index (χ3v) is 26.1. The molecule has 2 aliphatic carbocycles. The average Bonchev–Trinajstić information content (AvgIpc) is 1.14. The van der Waals surface area contributed by atoms with Gasteiger partial charge in [0.15, 0.2) is 11.5 Å². The molecular formula is C60H78Cl8N13O18P3. The van der Waals surface area contributed by atoms with Crippen molar-refractivity contribution < 1.29 is 65.1 Å². The molecular weight excluding hydrogens is 1570 g/mol. The molecule has 10 rings (SSSR count). The van der Waals surface area contributed by atoms with E-state index in [0.717, 1.165) is 48.2 Å². The maximum absolute atomic E-state index is 14.8. The van der Waals surface area contributed by atoms with Crippen molar-refractivity contribution in [3.63, 3.8) is 0 Å². The van der Waals surface area contributed by atoms with Crippen LogP contribution >= 0.6 is 116 Å². The fraction of sp³-hybridized carbons (Fsp3) is 0.550. The topological polar surface area (TPSA) is 334 Å². The first kappa shape index (κ1) is 83.0. The predicted octanol–water partition coefficient (Wildman–Crippen LogP) is 14.3. The second kappa shape index (κ2) is 38.7. The molecule has 1 aliphatic heterocycles. The second-order valence-electron chi connectivity index (χ2n) is 22.9. The number of nitro groups is 3. The van der Waals surface area contributed by atoms with E-state index in [1.807, 2.05) is 28.4 Å². The molecule has 0 N–H and O–H groups in total. The maximum atomic E-state index is 14.8. The van der Waals surface area contributed by atoms with Crippen LogP contribution in [0.4, 0.5) is 17.6 Å². The number of nitrogens with zero attached hydrogens (tertiary/aromatic N) is 13. The lowest BCUT2D eigenvalue weighted by Gasteiger charge is -2.38. The Balaban J connectivity index is 0.000000212. The lowest BCUT2D eigenvalue weighted by atomic mass is 10.0.